The van der Waals surface area contributed by atoms with E-state index in [0.29, 0.717) is 0 Å². The third kappa shape index (κ3) is 3.06. The highest BCUT2D eigenvalue weighted by Crippen LogP contribution is 2.38. The normalized spacial score (nSPS) is 30.1. The first kappa shape index (κ1) is 13.7. The quantitative estimate of drug-likeness (QED) is 0.636. The molecule has 1 saturated carbocycles. The summed E-state index contributed by atoms with van der Waals surface area (Å²) in [5.74, 6) is 2.67. The van der Waals surface area contributed by atoms with Gasteiger partial charge in [-0.15, -0.1) is 0 Å². The molecule has 1 atom stereocenters. The van der Waals surface area contributed by atoms with E-state index < -0.39 is 0 Å². The van der Waals surface area contributed by atoms with Gasteiger partial charge >= 0.3 is 0 Å². The Hall–Kier alpha value is -1.30. The summed E-state index contributed by atoms with van der Waals surface area (Å²) in [7, 11) is 0. The van der Waals surface area contributed by atoms with E-state index in [2.05, 4.69) is 56.3 Å². The molecule has 1 aromatic rings. The molecule has 2 aliphatic rings. The molecule has 0 heterocycles. The Morgan fingerprint density at radius 1 is 0.950 bits per heavy atom. The molecule has 0 bridgehead atoms. The summed E-state index contributed by atoms with van der Waals surface area (Å²) < 4.78 is 0. The lowest BCUT2D eigenvalue weighted by molar-refractivity contribution is 0.240. The number of allylic oxidation sites excluding steroid dienone is 4. The maximum Gasteiger partial charge on any atom is -0.0167 e. The molecule has 0 aliphatic heterocycles. The van der Waals surface area contributed by atoms with Gasteiger partial charge in [-0.25, -0.2) is 0 Å². The number of rotatable bonds is 2. The predicted octanol–water partition coefficient (Wildman–Crippen LogP) is 5.78. The Balaban J connectivity index is 1.64. The van der Waals surface area contributed by atoms with Crippen molar-refractivity contribution >= 4 is 5.57 Å². The fourth-order valence-electron chi connectivity index (χ4n) is 3.66. The van der Waals surface area contributed by atoms with E-state index in [1.807, 2.05) is 0 Å². The van der Waals surface area contributed by atoms with Crippen LogP contribution in [0, 0.1) is 24.7 Å². The van der Waals surface area contributed by atoms with Crippen LogP contribution in [0.1, 0.15) is 50.2 Å². The van der Waals surface area contributed by atoms with Crippen LogP contribution in [0.2, 0.25) is 0 Å². The highest BCUT2D eigenvalue weighted by atomic mass is 14.3. The van der Waals surface area contributed by atoms with Crippen LogP contribution in [0.15, 0.2) is 42.5 Å². The van der Waals surface area contributed by atoms with Crippen LogP contribution < -0.4 is 0 Å². The van der Waals surface area contributed by atoms with Gasteiger partial charge in [0.25, 0.3) is 0 Å². The Morgan fingerprint density at radius 3 is 2.25 bits per heavy atom. The molecular formula is C20H26. The second kappa shape index (κ2) is 5.99. The van der Waals surface area contributed by atoms with Crippen molar-refractivity contribution in [2.45, 2.75) is 46.0 Å². The van der Waals surface area contributed by atoms with Gasteiger partial charge in [-0.3, -0.25) is 0 Å². The molecule has 2 aliphatic carbocycles. The second-order valence-electron chi connectivity index (χ2n) is 6.80. The van der Waals surface area contributed by atoms with Crippen molar-refractivity contribution in [3.63, 3.8) is 0 Å². The van der Waals surface area contributed by atoms with Crippen molar-refractivity contribution in [2.24, 2.45) is 17.8 Å². The molecule has 0 aromatic heterocycles. The monoisotopic (exact) mass is 266 g/mol. The van der Waals surface area contributed by atoms with Crippen LogP contribution in [-0.2, 0) is 0 Å². The summed E-state index contributed by atoms with van der Waals surface area (Å²) in [6.45, 7) is 4.55. The molecular weight excluding hydrogens is 240 g/mol. The summed E-state index contributed by atoms with van der Waals surface area (Å²) in [6, 6.07) is 8.90. The highest BCUT2D eigenvalue weighted by molar-refractivity contribution is 5.75. The number of hydrogen-bond acceptors (Lipinski definition) is 0. The third-order valence-electron chi connectivity index (χ3n) is 5.18. The van der Waals surface area contributed by atoms with Crippen LogP contribution in [-0.4, -0.2) is 0 Å². The van der Waals surface area contributed by atoms with E-state index in [4.69, 9.17) is 0 Å². The Labute approximate surface area is 123 Å². The fraction of sp³-hybridized carbons (Fsp3) is 0.500. The SMILES string of the molecule is Cc1ccc(C2=CCC(C3CCC(C)CC3)C=C2)cc1. The minimum Gasteiger partial charge on any atom is -0.0802 e. The van der Waals surface area contributed by atoms with Gasteiger partial charge in [-0.2, -0.15) is 0 Å². The van der Waals surface area contributed by atoms with Gasteiger partial charge in [0.1, 0.15) is 0 Å². The van der Waals surface area contributed by atoms with E-state index in [1.165, 1.54) is 48.8 Å². The standard InChI is InChI=1S/C20H26/c1-15-3-7-17(8-4-15)19-11-13-20(14-12-19)18-9-5-16(2)6-10-18/h3-4,7-8,11-13,16,18,20H,5-6,9-10,14H2,1-2H3. The average molecular weight is 266 g/mol. The van der Waals surface area contributed by atoms with Gasteiger partial charge < -0.3 is 0 Å². The minimum atomic E-state index is 0.789. The lowest BCUT2D eigenvalue weighted by atomic mass is 9.74. The molecule has 20 heavy (non-hydrogen) atoms. The van der Waals surface area contributed by atoms with Gasteiger partial charge in [0.15, 0.2) is 0 Å². The summed E-state index contributed by atoms with van der Waals surface area (Å²) >= 11 is 0. The number of benzene rings is 1. The summed E-state index contributed by atoms with van der Waals surface area (Å²) in [4.78, 5) is 0. The first-order valence-corrected chi connectivity index (χ1v) is 8.18. The summed E-state index contributed by atoms with van der Waals surface area (Å²) in [5.41, 5.74) is 4.11. The zero-order chi connectivity index (χ0) is 13.9. The van der Waals surface area contributed by atoms with Crippen LogP contribution in [0.4, 0.5) is 0 Å². The van der Waals surface area contributed by atoms with E-state index in [1.54, 1.807) is 0 Å². The molecule has 0 saturated heterocycles. The molecule has 3 rings (SSSR count). The molecule has 0 amide bonds. The maximum absolute atomic E-state index is 2.48. The smallest absolute Gasteiger partial charge is 0.0167 e. The maximum atomic E-state index is 2.48. The zero-order valence-corrected chi connectivity index (χ0v) is 12.8. The van der Waals surface area contributed by atoms with Crippen molar-refractivity contribution in [2.75, 3.05) is 0 Å². The van der Waals surface area contributed by atoms with Gasteiger partial charge in [-0.1, -0.05) is 67.8 Å². The number of aryl methyl sites for hydroxylation is 1. The zero-order valence-electron chi connectivity index (χ0n) is 12.8. The lowest BCUT2D eigenvalue weighted by Gasteiger charge is -2.32. The molecule has 1 aromatic carbocycles. The summed E-state index contributed by atoms with van der Waals surface area (Å²) in [5, 5.41) is 0. The average Bonchev–Trinajstić information content (AvgIpc) is 2.49. The Bertz CT molecular complexity index is 495. The molecule has 0 radical (unpaired) electrons. The molecule has 1 unspecified atom stereocenters. The van der Waals surface area contributed by atoms with Crippen molar-refractivity contribution in [3.8, 4) is 0 Å². The lowest BCUT2D eigenvalue weighted by Crippen LogP contribution is -2.20. The number of hydrogen-bond donors (Lipinski definition) is 0. The van der Waals surface area contributed by atoms with Gasteiger partial charge in [0, 0.05) is 0 Å². The fourth-order valence-corrected chi connectivity index (χ4v) is 3.66. The molecule has 0 N–H and O–H groups in total. The largest absolute Gasteiger partial charge is 0.0802 e. The van der Waals surface area contributed by atoms with Crippen molar-refractivity contribution in [3.05, 3.63) is 53.6 Å². The molecule has 0 nitrogen and oxygen atoms in total. The van der Waals surface area contributed by atoms with Gasteiger partial charge in [0.2, 0.25) is 0 Å². The summed E-state index contributed by atoms with van der Waals surface area (Å²) in [6.07, 6.45) is 14.3. The first-order valence-electron chi connectivity index (χ1n) is 8.18. The predicted molar refractivity (Wildman–Crippen MR) is 87.5 cm³/mol. The topological polar surface area (TPSA) is 0 Å². The first-order chi connectivity index (χ1) is 9.72. The highest BCUT2D eigenvalue weighted by Gasteiger charge is 2.25. The van der Waals surface area contributed by atoms with Gasteiger partial charge in [-0.05, 0) is 55.1 Å². The van der Waals surface area contributed by atoms with Gasteiger partial charge in [0.05, 0.1) is 0 Å². The van der Waals surface area contributed by atoms with Crippen molar-refractivity contribution in [1.82, 2.24) is 0 Å². The molecule has 0 spiro atoms. The van der Waals surface area contributed by atoms with Crippen LogP contribution in [0.5, 0.6) is 0 Å². The Morgan fingerprint density at radius 2 is 1.65 bits per heavy atom. The van der Waals surface area contributed by atoms with Crippen LogP contribution >= 0.6 is 0 Å². The second-order valence-corrected chi connectivity index (χ2v) is 6.80. The third-order valence-corrected chi connectivity index (χ3v) is 5.18. The molecule has 106 valence electrons. The van der Waals surface area contributed by atoms with E-state index in [0.717, 1.165) is 17.8 Å². The molecule has 1 fully saturated rings. The van der Waals surface area contributed by atoms with Crippen molar-refractivity contribution < 1.29 is 0 Å². The van der Waals surface area contributed by atoms with Crippen LogP contribution in [0.25, 0.3) is 5.57 Å². The van der Waals surface area contributed by atoms with Crippen molar-refractivity contribution in [1.29, 1.82) is 0 Å². The minimum absolute atomic E-state index is 0.789. The van der Waals surface area contributed by atoms with Crippen LogP contribution in [0.3, 0.4) is 0 Å². The molecule has 0 heteroatoms. The van der Waals surface area contributed by atoms with E-state index >= 15 is 0 Å². The van der Waals surface area contributed by atoms with E-state index in [-0.39, 0.29) is 0 Å². The van der Waals surface area contributed by atoms with E-state index in [9.17, 15) is 0 Å². The Kier molecular flexibility index (Phi) is 4.10.